The van der Waals surface area contributed by atoms with Crippen molar-refractivity contribution in [2.75, 3.05) is 33.7 Å². The predicted octanol–water partition coefficient (Wildman–Crippen LogP) is 2.88. The van der Waals surface area contributed by atoms with Crippen LogP contribution in [-0.2, 0) is 0 Å². The topological polar surface area (TPSA) is 32.5 Å². The Bertz CT molecular complexity index is 444. The van der Waals surface area contributed by atoms with Gasteiger partial charge in [0.25, 0.3) is 0 Å². The van der Waals surface area contributed by atoms with Crippen molar-refractivity contribution < 1.29 is 0 Å². The molecule has 112 valence electrons. The SMILES string of the molecule is CC1CN(C(CN)c2cc(Cl)cc(Cl)c2)CC1N(C)C. The Hall–Kier alpha value is -0.320. The first-order chi connectivity index (χ1) is 9.42. The highest BCUT2D eigenvalue weighted by molar-refractivity contribution is 6.34. The number of rotatable bonds is 4. The molecule has 3 unspecified atom stereocenters. The van der Waals surface area contributed by atoms with Crippen LogP contribution in [0.4, 0.5) is 0 Å². The van der Waals surface area contributed by atoms with Gasteiger partial charge in [-0.2, -0.15) is 0 Å². The molecule has 0 aromatic heterocycles. The number of benzene rings is 1. The summed E-state index contributed by atoms with van der Waals surface area (Å²) in [5.41, 5.74) is 7.12. The van der Waals surface area contributed by atoms with Crippen LogP contribution in [0.1, 0.15) is 18.5 Å². The summed E-state index contributed by atoms with van der Waals surface area (Å²) in [4.78, 5) is 4.74. The lowest BCUT2D eigenvalue weighted by Crippen LogP contribution is -2.36. The molecule has 1 aromatic rings. The first kappa shape index (κ1) is 16.1. The van der Waals surface area contributed by atoms with Crippen molar-refractivity contribution in [3.8, 4) is 0 Å². The number of likely N-dealkylation sites (N-methyl/N-ethyl adjacent to an activating group) is 1. The van der Waals surface area contributed by atoms with Gasteiger partial charge in [0, 0.05) is 41.8 Å². The molecule has 1 aliphatic heterocycles. The van der Waals surface area contributed by atoms with E-state index in [0.717, 1.165) is 18.7 Å². The number of nitrogens with two attached hydrogens (primary N) is 1. The summed E-state index contributed by atoms with van der Waals surface area (Å²) in [6.07, 6.45) is 0. The number of likely N-dealkylation sites (tertiary alicyclic amines) is 1. The van der Waals surface area contributed by atoms with Gasteiger partial charge in [-0.05, 0) is 43.8 Å². The third-order valence-electron chi connectivity index (χ3n) is 4.20. The summed E-state index contributed by atoms with van der Waals surface area (Å²) >= 11 is 12.2. The van der Waals surface area contributed by atoms with Crippen LogP contribution >= 0.6 is 23.2 Å². The Morgan fingerprint density at radius 1 is 1.25 bits per heavy atom. The molecule has 1 fully saturated rings. The zero-order valence-electron chi connectivity index (χ0n) is 12.3. The molecule has 0 radical (unpaired) electrons. The highest BCUT2D eigenvalue weighted by Crippen LogP contribution is 2.31. The van der Waals surface area contributed by atoms with E-state index >= 15 is 0 Å². The van der Waals surface area contributed by atoms with Crippen molar-refractivity contribution in [1.29, 1.82) is 0 Å². The second-order valence-corrected chi connectivity index (χ2v) is 6.79. The van der Waals surface area contributed by atoms with E-state index in [2.05, 4.69) is 30.8 Å². The summed E-state index contributed by atoms with van der Waals surface area (Å²) in [7, 11) is 4.27. The third kappa shape index (κ3) is 3.46. The van der Waals surface area contributed by atoms with Gasteiger partial charge >= 0.3 is 0 Å². The molecule has 0 spiro atoms. The fourth-order valence-corrected chi connectivity index (χ4v) is 3.72. The van der Waals surface area contributed by atoms with Gasteiger partial charge in [0.2, 0.25) is 0 Å². The van der Waals surface area contributed by atoms with E-state index in [1.165, 1.54) is 0 Å². The maximum atomic E-state index is 6.11. The maximum absolute atomic E-state index is 6.11. The molecule has 1 heterocycles. The van der Waals surface area contributed by atoms with Crippen molar-refractivity contribution in [2.45, 2.75) is 19.0 Å². The molecule has 0 bridgehead atoms. The van der Waals surface area contributed by atoms with E-state index in [-0.39, 0.29) is 6.04 Å². The summed E-state index contributed by atoms with van der Waals surface area (Å²) in [6, 6.07) is 6.45. The minimum atomic E-state index is 0.179. The zero-order valence-corrected chi connectivity index (χ0v) is 13.8. The highest BCUT2D eigenvalue weighted by atomic mass is 35.5. The number of halogens is 2. The zero-order chi connectivity index (χ0) is 14.9. The lowest BCUT2D eigenvalue weighted by molar-refractivity contribution is 0.219. The standard InChI is InChI=1S/C15H23Cl2N3/c1-10-8-20(9-15(10)19(2)3)14(7-18)11-4-12(16)6-13(17)5-11/h4-6,10,14-15H,7-9,18H2,1-3H3. The van der Waals surface area contributed by atoms with Gasteiger partial charge in [0.05, 0.1) is 0 Å². The molecule has 1 aromatic carbocycles. The fraction of sp³-hybridized carbons (Fsp3) is 0.600. The van der Waals surface area contributed by atoms with E-state index < -0.39 is 0 Å². The predicted molar refractivity (Wildman–Crippen MR) is 86.5 cm³/mol. The van der Waals surface area contributed by atoms with Crippen LogP contribution in [0.25, 0.3) is 0 Å². The molecule has 2 N–H and O–H groups in total. The van der Waals surface area contributed by atoms with E-state index in [9.17, 15) is 0 Å². The van der Waals surface area contributed by atoms with Gasteiger partial charge < -0.3 is 10.6 Å². The van der Waals surface area contributed by atoms with Crippen LogP contribution in [0.15, 0.2) is 18.2 Å². The molecular weight excluding hydrogens is 293 g/mol. The fourth-order valence-electron chi connectivity index (χ4n) is 3.18. The lowest BCUT2D eigenvalue weighted by atomic mass is 10.1. The average molecular weight is 316 g/mol. The average Bonchev–Trinajstić information content (AvgIpc) is 2.71. The molecule has 3 atom stereocenters. The monoisotopic (exact) mass is 315 g/mol. The summed E-state index contributed by atoms with van der Waals surface area (Å²) in [5, 5.41) is 1.34. The number of hydrogen-bond acceptors (Lipinski definition) is 3. The second kappa shape index (κ2) is 6.63. The molecule has 20 heavy (non-hydrogen) atoms. The minimum absolute atomic E-state index is 0.179. The Labute approximate surface area is 131 Å². The molecule has 2 rings (SSSR count). The second-order valence-electron chi connectivity index (χ2n) is 5.92. The molecule has 0 saturated carbocycles. The number of hydrogen-bond donors (Lipinski definition) is 1. The Morgan fingerprint density at radius 3 is 2.30 bits per heavy atom. The molecule has 3 nitrogen and oxygen atoms in total. The van der Waals surface area contributed by atoms with Gasteiger partial charge in [-0.3, -0.25) is 4.90 Å². The number of nitrogens with zero attached hydrogens (tertiary/aromatic N) is 2. The quantitative estimate of drug-likeness (QED) is 0.927. The smallest absolute Gasteiger partial charge is 0.0472 e. The van der Waals surface area contributed by atoms with Crippen LogP contribution in [0.2, 0.25) is 10.0 Å². The Morgan fingerprint density at radius 2 is 1.85 bits per heavy atom. The van der Waals surface area contributed by atoms with Crippen LogP contribution in [0.5, 0.6) is 0 Å². The van der Waals surface area contributed by atoms with Gasteiger partial charge in [-0.1, -0.05) is 30.1 Å². The van der Waals surface area contributed by atoms with E-state index in [4.69, 9.17) is 28.9 Å². The van der Waals surface area contributed by atoms with Crippen LogP contribution in [0.3, 0.4) is 0 Å². The van der Waals surface area contributed by atoms with Gasteiger partial charge in [0.15, 0.2) is 0 Å². The third-order valence-corrected chi connectivity index (χ3v) is 4.63. The lowest BCUT2D eigenvalue weighted by Gasteiger charge is -2.28. The Kier molecular flexibility index (Phi) is 5.32. The molecular formula is C15H23Cl2N3. The Balaban J connectivity index is 2.21. The largest absolute Gasteiger partial charge is 0.329 e. The van der Waals surface area contributed by atoms with Crippen molar-refractivity contribution in [1.82, 2.24) is 9.80 Å². The normalized spacial score (nSPS) is 25.4. The minimum Gasteiger partial charge on any atom is -0.329 e. The van der Waals surface area contributed by atoms with E-state index in [1.807, 2.05) is 12.1 Å². The van der Waals surface area contributed by atoms with Crippen molar-refractivity contribution >= 4 is 23.2 Å². The van der Waals surface area contributed by atoms with Crippen molar-refractivity contribution in [3.05, 3.63) is 33.8 Å². The van der Waals surface area contributed by atoms with Gasteiger partial charge in [-0.25, -0.2) is 0 Å². The summed E-state index contributed by atoms with van der Waals surface area (Å²) in [6.45, 7) is 4.95. The first-order valence-corrected chi connectivity index (χ1v) is 7.74. The summed E-state index contributed by atoms with van der Waals surface area (Å²) < 4.78 is 0. The molecule has 5 heteroatoms. The molecule has 0 amide bonds. The highest BCUT2D eigenvalue weighted by Gasteiger charge is 2.34. The summed E-state index contributed by atoms with van der Waals surface area (Å²) in [5.74, 6) is 0.633. The molecule has 1 saturated heterocycles. The van der Waals surface area contributed by atoms with Crippen LogP contribution in [0, 0.1) is 5.92 Å². The maximum Gasteiger partial charge on any atom is 0.0472 e. The van der Waals surface area contributed by atoms with Crippen molar-refractivity contribution in [3.63, 3.8) is 0 Å². The molecule has 0 aliphatic carbocycles. The first-order valence-electron chi connectivity index (χ1n) is 6.99. The van der Waals surface area contributed by atoms with Crippen LogP contribution < -0.4 is 5.73 Å². The van der Waals surface area contributed by atoms with Gasteiger partial charge in [-0.15, -0.1) is 0 Å². The van der Waals surface area contributed by atoms with Crippen LogP contribution in [-0.4, -0.2) is 49.6 Å². The molecule has 1 aliphatic rings. The van der Waals surface area contributed by atoms with Crippen molar-refractivity contribution in [2.24, 2.45) is 11.7 Å². The van der Waals surface area contributed by atoms with E-state index in [0.29, 0.717) is 28.5 Å². The van der Waals surface area contributed by atoms with Gasteiger partial charge in [0.1, 0.15) is 0 Å². The van der Waals surface area contributed by atoms with E-state index in [1.54, 1.807) is 6.07 Å².